The van der Waals surface area contributed by atoms with Crippen LogP contribution in [0.1, 0.15) is 18.4 Å². The topological polar surface area (TPSA) is 37.3 Å². The molecule has 0 aliphatic heterocycles. The fourth-order valence-corrected chi connectivity index (χ4v) is 1.88. The first-order valence-electron chi connectivity index (χ1n) is 4.71. The Morgan fingerprint density at radius 2 is 2.20 bits per heavy atom. The predicted molar refractivity (Wildman–Crippen MR) is 54.4 cm³/mol. The van der Waals surface area contributed by atoms with Crippen molar-refractivity contribution in [3.63, 3.8) is 0 Å². The second kappa shape index (κ2) is 3.49. The smallest absolute Gasteiger partial charge is 0.309 e. The molecule has 1 aromatic rings. The van der Waals surface area contributed by atoms with Gasteiger partial charge in [0.15, 0.2) is 0 Å². The van der Waals surface area contributed by atoms with Crippen LogP contribution in [0.25, 0.3) is 0 Å². The molecule has 4 heteroatoms. The molecule has 80 valence electrons. The monoisotopic (exact) mass is 228 g/mol. The molecule has 0 heterocycles. The average molecular weight is 229 g/mol. The molecule has 15 heavy (non-hydrogen) atoms. The van der Waals surface area contributed by atoms with Gasteiger partial charge in [0.05, 0.1) is 5.41 Å². The van der Waals surface area contributed by atoms with Gasteiger partial charge in [-0.25, -0.2) is 4.39 Å². The molecule has 0 aromatic heterocycles. The molecule has 2 rings (SSSR count). The Hall–Kier alpha value is -1.09. The van der Waals surface area contributed by atoms with Crippen molar-refractivity contribution < 1.29 is 14.3 Å². The van der Waals surface area contributed by atoms with Gasteiger partial charge in [-0.2, -0.15) is 0 Å². The Labute approximate surface area is 91.7 Å². The molecule has 2 nitrogen and oxygen atoms in total. The lowest BCUT2D eigenvalue weighted by Gasteiger charge is -2.10. The van der Waals surface area contributed by atoms with Crippen molar-refractivity contribution in [3.05, 3.63) is 34.6 Å². The van der Waals surface area contributed by atoms with Crippen LogP contribution >= 0.6 is 11.6 Å². The average Bonchev–Trinajstić information content (AvgIpc) is 2.91. The van der Waals surface area contributed by atoms with E-state index >= 15 is 0 Å². The summed E-state index contributed by atoms with van der Waals surface area (Å²) in [5.41, 5.74) is 0.0551. The largest absolute Gasteiger partial charge is 0.481 e. The maximum atomic E-state index is 12.8. The minimum absolute atomic E-state index is 0.308. The van der Waals surface area contributed by atoms with Crippen LogP contribution in [0.2, 0.25) is 5.02 Å². The summed E-state index contributed by atoms with van der Waals surface area (Å²) in [6, 6.07) is 4.08. The van der Waals surface area contributed by atoms with Gasteiger partial charge in [-0.3, -0.25) is 4.79 Å². The van der Waals surface area contributed by atoms with Crippen LogP contribution in [-0.2, 0) is 11.2 Å². The zero-order chi connectivity index (χ0) is 11.1. The molecule has 0 unspecified atom stereocenters. The number of halogens is 2. The molecule has 0 saturated heterocycles. The molecule has 0 radical (unpaired) electrons. The highest BCUT2D eigenvalue weighted by atomic mass is 35.5. The van der Waals surface area contributed by atoms with Crippen molar-refractivity contribution in [3.8, 4) is 0 Å². The number of carboxylic acid groups (broad SMARTS) is 1. The lowest BCUT2D eigenvalue weighted by molar-refractivity contribution is -0.143. The Bertz CT molecular complexity index is 413. The van der Waals surface area contributed by atoms with E-state index in [0.29, 0.717) is 29.8 Å². The van der Waals surface area contributed by atoms with E-state index in [1.807, 2.05) is 0 Å². The molecule has 1 aromatic carbocycles. The predicted octanol–water partition coefficient (Wildman–Crippen LogP) is 2.89. The second-order valence-corrected chi connectivity index (χ2v) is 4.41. The van der Waals surface area contributed by atoms with Crippen molar-refractivity contribution in [1.82, 2.24) is 0 Å². The van der Waals surface area contributed by atoms with E-state index in [-0.39, 0.29) is 0 Å². The molecule has 1 N–H and O–H groups in total. The normalized spacial score (nSPS) is 17.5. The Morgan fingerprint density at radius 1 is 1.53 bits per heavy atom. The standard InChI is InChI=1S/C11H10ClFO2/c12-9-5-8(13)2-1-7(9)6-11(3-4-11)10(14)15/h1-2,5H,3-4,6H2,(H,14,15). The molecule has 1 fully saturated rings. The number of carboxylic acids is 1. The third kappa shape index (κ3) is 1.97. The Balaban J connectivity index is 2.21. The number of rotatable bonds is 3. The summed E-state index contributed by atoms with van der Waals surface area (Å²) in [6.45, 7) is 0. The molecule has 1 saturated carbocycles. The summed E-state index contributed by atoms with van der Waals surface area (Å²) in [7, 11) is 0. The third-order valence-corrected chi connectivity index (χ3v) is 3.20. The van der Waals surface area contributed by atoms with E-state index in [1.54, 1.807) is 6.07 Å². The van der Waals surface area contributed by atoms with Crippen LogP contribution in [0.5, 0.6) is 0 Å². The maximum Gasteiger partial charge on any atom is 0.309 e. The molecule has 0 spiro atoms. The maximum absolute atomic E-state index is 12.8. The first-order valence-corrected chi connectivity index (χ1v) is 5.09. The van der Waals surface area contributed by atoms with Crippen LogP contribution in [0.15, 0.2) is 18.2 Å². The van der Waals surface area contributed by atoms with E-state index in [9.17, 15) is 9.18 Å². The van der Waals surface area contributed by atoms with E-state index in [2.05, 4.69) is 0 Å². The van der Waals surface area contributed by atoms with Crippen LogP contribution in [0.3, 0.4) is 0 Å². The molecular weight excluding hydrogens is 219 g/mol. The van der Waals surface area contributed by atoms with Crippen LogP contribution in [0.4, 0.5) is 4.39 Å². The van der Waals surface area contributed by atoms with Gasteiger partial charge in [0.25, 0.3) is 0 Å². The second-order valence-electron chi connectivity index (χ2n) is 4.00. The van der Waals surface area contributed by atoms with Gasteiger partial charge in [0, 0.05) is 5.02 Å². The fraction of sp³-hybridized carbons (Fsp3) is 0.364. The molecular formula is C11H10ClFO2. The fourth-order valence-electron chi connectivity index (χ4n) is 1.65. The van der Waals surface area contributed by atoms with Crippen molar-refractivity contribution in [2.45, 2.75) is 19.3 Å². The van der Waals surface area contributed by atoms with Gasteiger partial charge in [0.2, 0.25) is 0 Å². The van der Waals surface area contributed by atoms with Crippen molar-refractivity contribution >= 4 is 17.6 Å². The molecule has 0 atom stereocenters. The van der Waals surface area contributed by atoms with Crippen molar-refractivity contribution in [2.75, 3.05) is 0 Å². The number of aliphatic carboxylic acids is 1. The molecule has 1 aliphatic carbocycles. The van der Waals surface area contributed by atoms with Crippen molar-refractivity contribution in [2.24, 2.45) is 5.41 Å². The van der Waals surface area contributed by atoms with Gasteiger partial charge in [-0.15, -0.1) is 0 Å². The number of benzene rings is 1. The first-order chi connectivity index (χ1) is 7.03. The Kier molecular flexibility index (Phi) is 2.43. The first kappa shape index (κ1) is 10.4. The summed E-state index contributed by atoms with van der Waals surface area (Å²) in [6.07, 6.45) is 1.74. The summed E-state index contributed by atoms with van der Waals surface area (Å²) in [5.74, 6) is -1.19. The highest BCUT2D eigenvalue weighted by Gasteiger charge is 2.50. The van der Waals surface area contributed by atoms with Crippen LogP contribution < -0.4 is 0 Å². The van der Waals surface area contributed by atoms with Gasteiger partial charge >= 0.3 is 5.97 Å². The van der Waals surface area contributed by atoms with E-state index in [4.69, 9.17) is 16.7 Å². The lowest BCUT2D eigenvalue weighted by atomic mass is 9.97. The van der Waals surface area contributed by atoms with Gasteiger partial charge < -0.3 is 5.11 Å². The summed E-state index contributed by atoms with van der Waals surface area (Å²) < 4.78 is 12.8. The molecule has 1 aliphatic rings. The molecule has 0 amide bonds. The zero-order valence-electron chi connectivity index (χ0n) is 7.96. The summed E-state index contributed by atoms with van der Waals surface area (Å²) in [4.78, 5) is 10.9. The van der Waals surface area contributed by atoms with E-state index in [0.717, 1.165) is 0 Å². The summed E-state index contributed by atoms with van der Waals surface area (Å²) in [5, 5.41) is 9.30. The van der Waals surface area contributed by atoms with Gasteiger partial charge in [-0.1, -0.05) is 17.7 Å². The third-order valence-electron chi connectivity index (χ3n) is 2.85. The van der Waals surface area contributed by atoms with E-state index < -0.39 is 17.2 Å². The number of hydrogen-bond acceptors (Lipinski definition) is 1. The van der Waals surface area contributed by atoms with Gasteiger partial charge in [0.1, 0.15) is 5.82 Å². The minimum atomic E-state index is -0.789. The minimum Gasteiger partial charge on any atom is -0.481 e. The highest BCUT2D eigenvalue weighted by molar-refractivity contribution is 6.31. The number of hydrogen-bond donors (Lipinski definition) is 1. The molecule has 0 bridgehead atoms. The highest BCUT2D eigenvalue weighted by Crippen LogP contribution is 2.49. The quantitative estimate of drug-likeness (QED) is 0.864. The zero-order valence-corrected chi connectivity index (χ0v) is 8.72. The summed E-state index contributed by atoms with van der Waals surface area (Å²) >= 11 is 5.84. The Morgan fingerprint density at radius 3 is 2.67 bits per heavy atom. The van der Waals surface area contributed by atoms with Gasteiger partial charge in [-0.05, 0) is 37.0 Å². The van der Waals surface area contributed by atoms with Crippen LogP contribution in [0, 0.1) is 11.2 Å². The van der Waals surface area contributed by atoms with Crippen molar-refractivity contribution in [1.29, 1.82) is 0 Å². The van der Waals surface area contributed by atoms with Crippen LogP contribution in [-0.4, -0.2) is 11.1 Å². The lowest BCUT2D eigenvalue weighted by Crippen LogP contribution is -2.17. The number of carbonyl (C=O) groups is 1. The SMILES string of the molecule is O=C(O)C1(Cc2ccc(F)cc2Cl)CC1. The van der Waals surface area contributed by atoms with E-state index in [1.165, 1.54) is 12.1 Å².